The average molecular weight is 355 g/mol. The molecule has 0 saturated heterocycles. The zero-order chi connectivity index (χ0) is 17.4. The number of nitrogens with zero attached hydrogens (tertiary/aromatic N) is 2. The van der Waals surface area contributed by atoms with Crippen LogP contribution in [-0.2, 0) is 6.42 Å². The zero-order valence-corrected chi connectivity index (χ0v) is 14.7. The molecule has 1 aliphatic carbocycles. The number of aliphatic hydroxyl groups excluding tert-OH is 1. The van der Waals surface area contributed by atoms with Crippen molar-refractivity contribution in [2.24, 2.45) is 0 Å². The Kier molecular flexibility index (Phi) is 4.24. The lowest BCUT2D eigenvalue weighted by atomic mass is 9.91. The molecule has 25 heavy (non-hydrogen) atoms. The number of hydrogen-bond acceptors (Lipinski definition) is 3. The van der Waals surface area contributed by atoms with Crippen LogP contribution in [-0.4, -0.2) is 22.0 Å². The number of benzene rings is 2. The van der Waals surface area contributed by atoms with Crippen LogP contribution in [0.3, 0.4) is 0 Å². The van der Waals surface area contributed by atoms with E-state index in [4.69, 9.17) is 21.4 Å². The standard InChI is InChI=1S/C20H19ClN2O2/c1-25-16-11-9-15(10-12-16)23-20(13-5-7-14(21)8-6-13)17-3-2-4-18(24)19(17)22-23/h5-12,18,24H,2-4H2,1H3. The highest BCUT2D eigenvalue weighted by Gasteiger charge is 2.27. The van der Waals surface area contributed by atoms with Crippen LogP contribution in [0.4, 0.5) is 0 Å². The summed E-state index contributed by atoms with van der Waals surface area (Å²) in [5, 5.41) is 15.9. The number of fused-ring (bicyclic) bond motifs is 1. The molecule has 0 radical (unpaired) electrons. The van der Waals surface area contributed by atoms with E-state index in [1.807, 2.05) is 53.2 Å². The van der Waals surface area contributed by atoms with Gasteiger partial charge in [-0.05, 0) is 55.7 Å². The summed E-state index contributed by atoms with van der Waals surface area (Å²) in [6.45, 7) is 0. The minimum Gasteiger partial charge on any atom is -0.497 e. The van der Waals surface area contributed by atoms with Crippen molar-refractivity contribution in [2.75, 3.05) is 7.11 Å². The van der Waals surface area contributed by atoms with Gasteiger partial charge in [-0.2, -0.15) is 5.10 Å². The molecule has 0 spiro atoms. The molecule has 5 heteroatoms. The maximum atomic E-state index is 10.4. The summed E-state index contributed by atoms with van der Waals surface area (Å²) < 4.78 is 7.17. The Hall–Kier alpha value is -2.30. The molecule has 1 heterocycles. The second-order valence-corrected chi connectivity index (χ2v) is 6.67. The van der Waals surface area contributed by atoms with Gasteiger partial charge < -0.3 is 9.84 Å². The summed E-state index contributed by atoms with van der Waals surface area (Å²) in [5.41, 5.74) is 4.91. The van der Waals surface area contributed by atoms with Crippen molar-refractivity contribution < 1.29 is 9.84 Å². The number of halogens is 1. The molecule has 0 bridgehead atoms. The molecule has 128 valence electrons. The molecule has 3 aromatic rings. The summed E-state index contributed by atoms with van der Waals surface area (Å²) in [6.07, 6.45) is 2.13. The lowest BCUT2D eigenvalue weighted by Crippen LogP contribution is -2.08. The Bertz CT molecular complexity index is 885. The molecule has 1 unspecified atom stereocenters. The molecule has 0 saturated carbocycles. The van der Waals surface area contributed by atoms with E-state index in [1.165, 1.54) is 0 Å². The minimum atomic E-state index is -0.505. The van der Waals surface area contributed by atoms with Gasteiger partial charge in [0.2, 0.25) is 0 Å². The van der Waals surface area contributed by atoms with E-state index in [0.29, 0.717) is 5.02 Å². The third-order valence-corrected chi connectivity index (χ3v) is 4.92. The number of hydrogen-bond donors (Lipinski definition) is 1. The van der Waals surface area contributed by atoms with Crippen LogP contribution < -0.4 is 4.74 Å². The van der Waals surface area contributed by atoms with Gasteiger partial charge in [0.05, 0.1) is 30.3 Å². The zero-order valence-electron chi connectivity index (χ0n) is 13.9. The van der Waals surface area contributed by atoms with E-state index in [1.54, 1.807) is 7.11 Å². The van der Waals surface area contributed by atoms with Crippen LogP contribution in [0, 0.1) is 0 Å². The predicted octanol–water partition coefficient (Wildman–Crippen LogP) is 4.57. The van der Waals surface area contributed by atoms with Gasteiger partial charge >= 0.3 is 0 Å². The Labute approximate surface area is 151 Å². The fraction of sp³-hybridized carbons (Fsp3) is 0.250. The predicted molar refractivity (Wildman–Crippen MR) is 98.5 cm³/mol. The number of aromatic nitrogens is 2. The van der Waals surface area contributed by atoms with E-state index in [2.05, 4.69) is 0 Å². The van der Waals surface area contributed by atoms with E-state index < -0.39 is 6.10 Å². The van der Waals surface area contributed by atoms with Gasteiger partial charge in [-0.15, -0.1) is 0 Å². The maximum absolute atomic E-state index is 10.4. The molecule has 0 aliphatic heterocycles. The van der Waals surface area contributed by atoms with Crippen molar-refractivity contribution in [3.05, 3.63) is 64.8 Å². The van der Waals surface area contributed by atoms with Crippen LogP contribution in [0.5, 0.6) is 5.75 Å². The molecule has 4 rings (SSSR count). The van der Waals surface area contributed by atoms with Crippen LogP contribution in [0.15, 0.2) is 48.5 Å². The molecule has 1 atom stereocenters. The van der Waals surface area contributed by atoms with Crippen molar-refractivity contribution in [3.8, 4) is 22.7 Å². The first-order valence-electron chi connectivity index (χ1n) is 8.37. The highest BCUT2D eigenvalue weighted by Crippen LogP contribution is 2.38. The highest BCUT2D eigenvalue weighted by molar-refractivity contribution is 6.30. The fourth-order valence-electron chi connectivity index (χ4n) is 3.40. The van der Waals surface area contributed by atoms with E-state index >= 15 is 0 Å². The maximum Gasteiger partial charge on any atom is 0.119 e. The first kappa shape index (κ1) is 16.2. The van der Waals surface area contributed by atoms with Crippen LogP contribution in [0.2, 0.25) is 5.02 Å². The van der Waals surface area contributed by atoms with Gasteiger partial charge in [-0.3, -0.25) is 0 Å². The lowest BCUT2D eigenvalue weighted by molar-refractivity contribution is 0.151. The van der Waals surface area contributed by atoms with Crippen molar-refractivity contribution in [2.45, 2.75) is 25.4 Å². The quantitative estimate of drug-likeness (QED) is 0.749. The van der Waals surface area contributed by atoms with E-state index in [-0.39, 0.29) is 0 Å². The number of rotatable bonds is 3. The monoisotopic (exact) mass is 354 g/mol. The third kappa shape index (κ3) is 2.92. The molecule has 1 N–H and O–H groups in total. The van der Waals surface area contributed by atoms with Gasteiger partial charge in [0.15, 0.2) is 0 Å². The van der Waals surface area contributed by atoms with Gasteiger partial charge in [0, 0.05) is 16.1 Å². The van der Waals surface area contributed by atoms with Crippen molar-refractivity contribution in [1.29, 1.82) is 0 Å². The van der Waals surface area contributed by atoms with Gasteiger partial charge in [0.25, 0.3) is 0 Å². The normalized spacial score (nSPS) is 16.5. The highest BCUT2D eigenvalue weighted by atomic mass is 35.5. The molecule has 2 aromatic carbocycles. The van der Waals surface area contributed by atoms with Gasteiger partial charge in [-0.25, -0.2) is 4.68 Å². The summed E-state index contributed by atoms with van der Waals surface area (Å²) >= 11 is 6.05. The van der Waals surface area contributed by atoms with Crippen molar-refractivity contribution >= 4 is 11.6 Å². The second-order valence-electron chi connectivity index (χ2n) is 6.24. The Morgan fingerprint density at radius 1 is 1.12 bits per heavy atom. The molecular weight excluding hydrogens is 336 g/mol. The molecule has 4 nitrogen and oxygen atoms in total. The van der Waals surface area contributed by atoms with E-state index in [0.717, 1.165) is 53.2 Å². The lowest BCUT2D eigenvalue weighted by Gasteiger charge is -2.16. The first-order chi connectivity index (χ1) is 12.2. The van der Waals surface area contributed by atoms with E-state index in [9.17, 15) is 5.11 Å². The third-order valence-electron chi connectivity index (χ3n) is 4.67. The molecular formula is C20H19ClN2O2. The average Bonchev–Trinajstić information content (AvgIpc) is 3.03. The summed E-state index contributed by atoms with van der Waals surface area (Å²) in [6, 6.07) is 15.5. The molecule has 1 aromatic heterocycles. The first-order valence-corrected chi connectivity index (χ1v) is 8.75. The summed E-state index contributed by atoms with van der Waals surface area (Å²) in [4.78, 5) is 0. The SMILES string of the molecule is COc1ccc(-n2nc3c(c2-c2ccc(Cl)cc2)CCCC3O)cc1. The molecule has 1 aliphatic rings. The van der Waals surface area contributed by atoms with Gasteiger partial charge in [0.1, 0.15) is 5.75 Å². The minimum absolute atomic E-state index is 0.505. The Morgan fingerprint density at radius 2 is 1.84 bits per heavy atom. The van der Waals surface area contributed by atoms with Gasteiger partial charge in [-0.1, -0.05) is 23.7 Å². The number of aliphatic hydroxyl groups is 1. The Morgan fingerprint density at radius 3 is 2.52 bits per heavy atom. The van der Waals surface area contributed by atoms with Crippen molar-refractivity contribution in [1.82, 2.24) is 9.78 Å². The Balaban J connectivity index is 1.91. The summed E-state index contributed by atoms with van der Waals surface area (Å²) in [5.74, 6) is 0.800. The summed E-state index contributed by atoms with van der Waals surface area (Å²) in [7, 11) is 1.65. The topological polar surface area (TPSA) is 47.3 Å². The molecule has 0 fully saturated rings. The van der Waals surface area contributed by atoms with Crippen LogP contribution in [0.25, 0.3) is 16.9 Å². The number of ether oxygens (including phenoxy) is 1. The van der Waals surface area contributed by atoms with Crippen LogP contribution in [0.1, 0.15) is 30.2 Å². The largest absolute Gasteiger partial charge is 0.497 e. The van der Waals surface area contributed by atoms with Crippen molar-refractivity contribution in [3.63, 3.8) is 0 Å². The number of methoxy groups -OCH3 is 1. The molecule has 0 amide bonds. The fourth-order valence-corrected chi connectivity index (χ4v) is 3.53. The van der Waals surface area contributed by atoms with Crippen LogP contribution >= 0.6 is 11.6 Å². The second kappa shape index (κ2) is 6.54. The smallest absolute Gasteiger partial charge is 0.119 e.